The molecule has 0 heterocycles. The molecule has 0 unspecified atom stereocenters. The average molecular weight is 182 g/mol. The van der Waals surface area contributed by atoms with Crippen LogP contribution in [-0.4, -0.2) is 17.3 Å². The van der Waals surface area contributed by atoms with Gasteiger partial charge in [-0.05, 0) is 24.0 Å². The lowest BCUT2D eigenvalue weighted by atomic mass is 10.2. The average Bonchev–Trinajstić information content (AvgIpc) is 2.05. The van der Waals surface area contributed by atoms with Gasteiger partial charge in [0.2, 0.25) is 0 Å². The molecule has 0 aliphatic rings. The van der Waals surface area contributed by atoms with Gasteiger partial charge in [0.15, 0.2) is 0 Å². The molecule has 0 amide bonds. The van der Waals surface area contributed by atoms with Crippen LogP contribution in [0.15, 0.2) is 29.2 Å². The number of thioether (sulfide) groups is 1. The van der Waals surface area contributed by atoms with Gasteiger partial charge in [-0.15, -0.1) is 11.8 Å². The summed E-state index contributed by atoms with van der Waals surface area (Å²) in [6, 6.07) is 7.56. The maximum absolute atomic E-state index is 10.3. The SMILES string of the molecule is CSc1ccc(CC(=O)O)cc1. The number of rotatable bonds is 3. The molecule has 0 aliphatic carbocycles. The van der Waals surface area contributed by atoms with Gasteiger partial charge >= 0.3 is 5.97 Å². The van der Waals surface area contributed by atoms with E-state index in [1.54, 1.807) is 11.8 Å². The molecule has 0 aliphatic heterocycles. The molecule has 1 N–H and O–H groups in total. The Kier molecular flexibility index (Phi) is 3.17. The van der Waals surface area contributed by atoms with Crippen molar-refractivity contribution in [3.8, 4) is 0 Å². The third-order valence-electron chi connectivity index (χ3n) is 1.51. The van der Waals surface area contributed by atoms with Crippen molar-refractivity contribution < 1.29 is 9.90 Å². The van der Waals surface area contributed by atoms with E-state index in [2.05, 4.69) is 0 Å². The van der Waals surface area contributed by atoms with Gasteiger partial charge in [0.25, 0.3) is 0 Å². The molecule has 1 aromatic carbocycles. The molecule has 0 saturated heterocycles. The summed E-state index contributed by atoms with van der Waals surface area (Å²) in [7, 11) is 0. The Bertz CT molecular complexity index is 266. The molecule has 0 saturated carbocycles. The third kappa shape index (κ3) is 2.58. The highest BCUT2D eigenvalue weighted by Gasteiger charge is 1.98. The number of aliphatic carboxylic acids is 1. The summed E-state index contributed by atoms with van der Waals surface area (Å²) in [5, 5.41) is 8.49. The Morgan fingerprint density at radius 2 is 2.00 bits per heavy atom. The molecule has 12 heavy (non-hydrogen) atoms. The number of carboxylic acids is 1. The number of carboxylic acid groups (broad SMARTS) is 1. The van der Waals surface area contributed by atoms with Crippen molar-refractivity contribution in [3.05, 3.63) is 29.8 Å². The molecule has 0 spiro atoms. The molecule has 3 heteroatoms. The van der Waals surface area contributed by atoms with E-state index in [9.17, 15) is 4.79 Å². The van der Waals surface area contributed by atoms with Gasteiger partial charge < -0.3 is 5.11 Å². The molecule has 1 aromatic rings. The van der Waals surface area contributed by atoms with Gasteiger partial charge in [0, 0.05) is 4.90 Å². The van der Waals surface area contributed by atoms with Crippen molar-refractivity contribution in [2.75, 3.05) is 6.26 Å². The van der Waals surface area contributed by atoms with E-state index in [0.717, 1.165) is 10.5 Å². The minimum atomic E-state index is -0.785. The lowest BCUT2D eigenvalue weighted by Gasteiger charge is -1.98. The summed E-state index contributed by atoms with van der Waals surface area (Å²) in [5.41, 5.74) is 0.848. The molecular weight excluding hydrogens is 172 g/mol. The zero-order valence-corrected chi connectivity index (χ0v) is 7.60. The summed E-state index contributed by atoms with van der Waals surface area (Å²) >= 11 is 1.65. The number of hydrogen-bond donors (Lipinski definition) is 1. The molecule has 0 radical (unpaired) electrons. The summed E-state index contributed by atoms with van der Waals surface area (Å²) in [4.78, 5) is 11.5. The molecular formula is C9H10O2S. The summed E-state index contributed by atoms with van der Waals surface area (Å²) in [5.74, 6) is -0.785. The third-order valence-corrected chi connectivity index (χ3v) is 2.26. The van der Waals surface area contributed by atoms with Crippen LogP contribution in [0.2, 0.25) is 0 Å². The summed E-state index contributed by atoms with van der Waals surface area (Å²) in [6.45, 7) is 0. The van der Waals surface area contributed by atoms with E-state index in [-0.39, 0.29) is 6.42 Å². The fourth-order valence-corrected chi connectivity index (χ4v) is 1.33. The zero-order valence-electron chi connectivity index (χ0n) is 6.78. The van der Waals surface area contributed by atoms with Crippen LogP contribution in [0, 0.1) is 0 Å². The molecule has 0 bridgehead atoms. The van der Waals surface area contributed by atoms with Crippen molar-refractivity contribution in [1.82, 2.24) is 0 Å². The van der Waals surface area contributed by atoms with E-state index < -0.39 is 5.97 Å². The Balaban J connectivity index is 2.71. The Hall–Kier alpha value is -0.960. The fraction of sp³-hybridized carbons (Fsp3) is 0.222. The van der Waals surface area contributed by atoms with Gasteiger partial charge in [0.05, 0.1) is 6.42 Å². The van der Waals surface area contributed by atoms with Gasteiger partial charge in [-0.2, -0.15) is 0 Å². The molecule has 0 atom stereocenters. The van der Waals surface area contributed by atoms with E-state index in [0.29, 0.717) is 0 Å². The van der Waals surface area contributed by atoms with Crippen LogP contribution in [0.25, 0.3) is 0 Å². The Morgan fingerprint density at radius 3 is 2.42 bits per heavy atom. The predicted molar refractivity (Wildman–Crippen MR) is 49.6 cm³/mol. The highest BCUT2D eigenvalue weighted by atomic mass is 32.2. The molecule has 64 valence electrons. The smallest absolute Gasteiger partial charge is 0.307 e. The van der Waals surface area contributed by atoms with Crippen LogP contribution in [-0.2, 0) is 11.2 Å². The van der Waals surface area contributed by atoms with Gasteiger partial charge in [-0.1, -0.05) is 12.1 Å². The Morgan fingerprint density at radius 1 is 1.42 bits per heavy atom. The number of carbonyl (C=O) groups is 1. The first-order valence-electron chi connectivity index (χ1n) is 3.57. The van der Waals surface area contributed by atoms with E-state index in [4.69, 9.17) is 5.11 Å². The highest BCUT2D eigenvalue weighted by Crippen LogP contribution is 2.14. The minimum Gasteiger partial charge on any atom is -0.481 e. The van der Waals surface area contributed by atoms with Crippen molar-refractivity contribution in [3.63, 3.8) is 0 Å². The number of benzene rings is 1. The predicted octanol–water partition coefficient (Wildman–Crippen LogP) is 2.04. The van der Waals surface area contributed by atoms with E-state index in [1.807, 2.05) is 30.5 Å². The Labute approximate surface area is 75.6 Å². The quantitative estimate of drug-likeness (QED) is 0.727. The van der Waals surface area contributed by atoms with Crippen LogP contribution in [0.3, 0.4) is 0 Å². The summed E-state index contributed by atoms with van der Waals surface area (Å²) in [6.07, 6.45) is 2.10. The van der Waals surface area contributed by atoms with Crippen molar-refractivity contribution in [2.24, 2.45) is 0 Å². The van der Waals surface area contributed by atoms with Crippen molar-refractivity contribution >= 4 is 17.7 Å². The normalized spacial score (nSPS) is 9.75. The first-order valence-corrected chi connectivity index (χ1v) is 4.79. The number of hydrogen-bond acceptors (Lipinski definition) is 2. The van der Waals surface area contributed by atoms with Crippen molar-refractivity contribution in [1.29, 1.82) is 0 Å². The largest absolute Gasteiger partial charge is 0.481 e. The van der Waals surface area contributed by atoms with Crippen LogP contribution in [0.5, 0.6) is 0 Å². The lowest BCUT2D eigenvalue weighted by Crippen LogP contribution is -1.99. The summed E-state index contributed by atoms with van der Waals surface area (Å²) < 4.78 is 0. The van der Waals surface area contributed by atoms with Crippen LogP contribution >= 0.6 is 11.8 Å². The van der Waals surface area contributed by atoms with Crippen molar-refractivity contribution in [2.45, 2.75) is 11.3 Å². The van der Waals surface area contributed by atoms with Gasteiger partial charge in [-0.3, -0.25) is 4.79 Å². The fourth-order valence-electron chi connectivity index (χ4n) is 0.918. The maximum atomic E-state index is 10.3. The maximum Gasteiger partial charge on any atom is 0.307 e. The first-order chi connectivity index (χ1) is 5.72. The minimum absolute atomic E-state index is 0.106. The second-order valence-electron chi connectivity index (χ2n) is 2.42. The monoisotopic (exact) mass is 182 g/mol. The molecule has 1 rings (SSSR count). The van der Waals surface area contributed by atoms with Crippen LogP contribution < -0.4 is 0 Å². The van der Waals surface area contributed by atoms with E-state index in [1.165, 1.54) is 0 Å². The molecule has 0 aromatic heterocycles. The second-order valence-corrected chi connectivity index (χ2v) is 3.30. The highest BCUT2D eigenvalue weighted by molar-refractivity contribution is 7.98. The molecule has 2 nitrogen and oxygen atoms in total. The zero-order chi connectivity index (χ0) is 8.97. The second kappa shape index (κ2) is 4.16. The topological polar surface area (TPSA) is 37.3 Å². The van der Waals surface area contributed by atoms with Crippen LogP contribution in [0.4, 0.5) is 0 Å². The standard InChI is InChI=1S/C9H10O2S/c1-12-8-4-2-7(3-5-8)6-9(10)11/h2-5H,6H2,1H3,(H,10,11). The lowest BCUT2D eigenvalue weighted by molar-refractivity contribution is -0.136. The van der Waals surface area contributed by atoms with Gasteiger partial charge in [-0.25, -0.2) is 0 Å². The van der Waals surface area contributed by atoms with Gasteiger partial charge in [0.1, 0.15) is 0 Å². The van der Waals surface area contributed by atoms with E-state index >= 15 is 0 Å². The first kappa shape index (κ1) is 9.13. The van der Waals surface area contributed by atoms with Crippen LogP contribution in [0.1, 0.15) is 5.56 Å². The molecule has 0 fully saturated rings.